The first-order valence-electron chi connectivity index (χ1n) is 43.2. The Morgan fingerprint density at radius 3 is 0.684 bits per heavy atom. The summed E-state index contributed by atoms with van der Waals surface area (Å²) in [6.07, 6.45) is -132. The fourth-order valence-corrected chi connectivity index (χ4v) is 17.5. The molecule has 60 atom stereocenters. The number of rotatable bonds is 35. The van der Waals surface area contributed by atoms with Gasteiger partial charge >= 0.3 is 0 Å². The number of hydrogen-bond donors (Lipinski definition) is 38. The molecule has 62 nitrogen and oxygen atoms in total. The first-order chi connectivity index (χ1) is 64.5. The molecule has 0 aromatic rings. The second-order valence-corrected chi connectivity index (χ2v) is 34.4. The van der Waals surface area contributed by atoms with Crippen molar-refractivity contribution in [1.29, 1.82) is 0 Å². The van der Waals surface area contributed by atoms with E-state index in [1.807, 2.05) is 0 Å². The molecule has 0 aromatic carbocycles. The van der Waals surface area contributed by atoms with Gasteiger partial charge in [-0.3, -0.25) is 4.79 Å². The van der Waals surface area contributed by atoms with Crippen LogP contribution in [-0.4, -0.2) is 643 Å². The Balaban J connectivity index is 0.862. The topological polar surface area (TPSA) is 990 Å². The Hall–Kier alpha value is -2.93. The van der Waals surface area contributed by atoms with Crippen LogP contribution in [0.1, 0.15) is 6.92 Å². The summed E-state index contributed by atoms with van der Waals surface area (Å²) < 4.78 is 134. The quantitative estimate of drug-likeness (QED) is 0.0280. The smallest absolute Gasteiger partial charge is 0.217 e. The van der Waals surface area contributed by atoms with Crippen LogP contribution >= 0.6 is 0 Å². The number of aliphatic hydroxyl groups is 37. The number of carbonyl (C=O) groups excluding carboxylic acids is 1. The summed E-state index contributed by atoms with van der Waals surface area (Å²) in [5.74, 6) is -0.924. The molecule has 0 saturated carbocycles. The van der Waals surface area contributed by atoms with Gasteiger partial charge in [0.2, 0.25) is 5.91 Å². The van der Waals surface area contributed by atoms with Gasteiger partial charge in [-0.05, 0) is 0 Å². The van der Waals surface area contributed by atoms with E-state index in [1.54, 1.807) is 0 Å². The average molecular weight is 2000 g/mol. The van der Waals surface area contributed by atoms with Crippen molar-refractivity contribution in [2.75, 3.05) is 79.3 Å². The highest BCUT2D eigenvalue weighted by Gasteiger charge is 2.63. The number of carbonyl (C=O) groups is 1. The highest BCUT2D eigenvalue weighted by molar-refractivity contribution is 5.73. The van der Waals surface area contributed by atoms with Crippen molar-refractivity contribution in [2.45, 2.75) is 375 Å². The van der Waals surface area contributed by atoms with Gasteiger partial charge in [0.1, 0.15) is 293 Å². The summed E-state index contributed by atoms with van der Waals surface area (Å²) in [6.45, 7) is -13.2. The van der Waals surface area contributed by atoms with Crippen LogP contribution in [0.4, 0.5) is 0 Å². The summed E-state index contributed by atoms with van der Waals surface area (Å²) in [6, 6.07) is -1.87. The zero-order valence-electron chi connectivity index (χ0n) is 71.5. The third-order valence-electron chi connectivity index (χ3n) is 25.5. The van der Waals surface area contributed by atoms with Crippen LogP contribution in [0.15, 0.2) is 0 Å². The van der Waals surface area contributed by atoms with Gasteiger partial charge in [-0.25, -0.2) is 0 Å². The minimum Gasteiger partial charge on any atom is -0.394 e. The third kappa shape index (κ3) is 23.5. The van der Waals surface area contributed by atoms with Crippen molar-refractivity contribution in [3.05, 3.63) is 0 Å². The maximum absolute atomic E-state index is 12.8. The van der Waals surface area contributed by atoms with E-state index in [4.69, 9.17) is 109 Å². The molecule has 12 rings (SSSR count). The van der Waals surface area contributed by atoms with Crippen LogP contribution < -0.4 is 5.32 Å². The van der Waals surface area contributed by atoms with E-state index in [0.29, 0.717) is 0 Å². The van der Waals surface area contributed by atoms with Gasteiger partial charge < -0.3 is 303 Å². The number of amides is 1. The molecular formula is C74H125NO61. The second kappa shape index (κ2) is 48.6. The van der Waals surface area contributed by atoms with E-state index in [0.717, 1.165) is 6.92 Å². The standard InChI is InChI=1S/C74H125NO61/c1-14(86)75-27-39(98)54(24(11-85)116-63(27)113)128-70-53(112)58(132-73-62(46(105)34(93)20(7-81)124-73)136-74-61(45(104)33(92)21(8-82)125-74)135-69-52(111)56(36(95)23(10-84)121-69)130-68-51(110)55(35(94)22(9-83)120-68)129-65-47(106)40(99)28(87)15(2-76)117-65)38(97)26(127-70)12-114-64-50(109)57(131-72-60(44(103)32(91)19(6-80)123-72)134-67-49(108)42(101)30(89)17(4-78)119-67)37(96)25(126-64)13-115-71-59(43(102)31(90)18(5-79)122-71)133-66-48(107)41(100)29(88)16(3-77)118-66/h15-74,76-85,87-113H,2-13H2,1H3,(H,75,86)/t15-,16-,17-,18-,19-,20-,21-,22-,23-,24-,25-,26-,27-,28-,29-,30-,31-,32-,33-,34-,35-,36-,37-,38-,39-,40+,41+,42+,43+,44+,45+,46+,47-,48+,49+,50+,51-,52+,53+,54-,55+,56+,57+,58+,59+,60+,61+,62+,63-,64+,65-,66-,67-,68-,69-,70+,71+,72-,73-,74-/m1/s1. The Morgan fingerprint density at radius 1 is 0.191 bits per heavy atom. The molecule has 792 valence electrons. The minimum atomic E-state index is -2.67. The van der Waals surface area contributed by atoms with Crippen LogP contribution in [0.2, 0.25) is 0 Å². The Kier molecular flexibility index (Phi) is 40.0. The van der Waals surface area contributed by atoms with Crippen molar-refractivity contribution in [2.24, 2.45) is 0 Å². The molecule has 62 heteroatoms. The lowest BCUT2D eigenvalue weighted by Gasteiger charge is -2.51. The molecule has 0 unspecified atom stereocenters. The van der Waals surface area contributed by atoms with Gasteiger partial charge in [-0.2, -0.15) is 0 Å². The molecule has 12 aliphatic rings. The molecule has 12 aliphatic heterocycles. The molecule has 0 aliphatic carbocycles. The Morgan fingerprint density at radius 2 is 0.390 bits per heavy atom. The van der Waals surface area contributed by atoms with Crippen LogP contribution in [0.3, 0.4) is 0 Å². The van der Waals surface area contributed by atoms with Crippen molar-refractivity contribution in [3.8, 4) is 0 Å². The highest BCUT2D eigenvalue weighted by Crippen LogP contribution is 2.43. The third-order valence-corrected chi connectivity index (χ3v) is 25.5. The molecule has 12 saturated heterocycles. The zero-order valence-corrected chi connectivity index (χ0v) is 71.5. The number of ether oxygens (including phenoxy) is 23. The first kappa shape index (κ1) is 112. The second-order valence-electron chi connectivity index (χ2n) is 34.4. The molecular weight excluding hydrogens is 1880 g/mol. The van der Waals surface area contributed by atoms with Crippen molar-refractivity contribution in [3.63, 3.8) is 0 Å². The normalized spacial score (nSPS) is 52.8. The molecule has 0 bridgehead atoms. The highest BCUT2D eigenvalue weighted by atomic mass is 16.8. The first-order valence-corrected chi connectivity index (χ1v) is 43.2. The summed E-state index contributed by atoms with van der Waals surface area (Å²) in [5.41, 5.74) is 0. The molecule has 136 heavy (non-hydrogen) atoms. The molecule has 0 aromatic heterocycles. The summed E-state index contributed by atoms with van der Waals surface area (Å²) >= 11 is 0. The van der Waals surface area contributed by atoms with Crippen LogP contribution in [0, 0.1) is 0 Å². The zero-order chi connectivity index (χ0) is 99.7. The van der Waals surface area contributed by atoms with E-state index < -0.39 is 454 Å². The van der Waals surface area contributed by atoms with Gasteiger partial charge in [0.15, 0.2) is 75.5 Å². The molecule has 0 spiro atoms. The van der Waals surface area contributed by atoms with Crippen LogP contribution in [0.25, 0.3) is 0 Å². The maximum Gasteiger partial charge on any atom is 0.217 e. The lowest BCUT2D eigenvalue weighted by molar-refractivity contribution is -0.412. The van der Waals surface area contributed by atoms with E-state index in [9.17, 15) is 194 Å². The van der Waals surface area contributed by atoms with Gasteiger partial charge in [0.25, 0.3) is 0 Å². The maximum atomic E-state index is 12.8. The van der Waals surface area contributed by atoms with E-state index >= 15 is 0 Å². The Labute approximate surface area is 766 Å². The molecule has 0 radical (unpaired) electrons. The monoisotopic (exact) mass is 2000 g/mol. The minimum absolute atomic E-state index is 0.924. The Bertz CT molecular complexity index is 3590. The van der Waals surface area contributed by atoms with Gasteiger partial charge in [-0.15, -0.1) is 0 Å². The predicted octanol–water partition coefficient (Wildman–Crippen LogP) is -27.0. The predicted molar refractivity (Wildman–Crippen MR) is 407 cm³/mol. The number of aliphatic hydroxyl groups excluding tert-OH is 37. The van der Waals surface area contributed by atoms with Crippen molar-refractivity contribution in [1.82, 2.24) is 5.32 Å². The molecule has 12 fully saturated rings. The van der Waals surface area contributed by atoms with Crippen molar-refractivity contribution >= 4 is 5.91 Å². The van der Waals surface area contributed by atoms with Crippen molar-refractivity contribution < 1.29 is 303 Å². The van der Waals surface area contributed by atoms with E-state index in [1.165, 1.54) is 0 Å². The number of nitrogens with one attached hydrogen (secondary N) is 1. The summed E-state index contributed by atoms with van der Waals surface area (Å²) in [4.78, 5) is 12.5. The molecule has 1 amide bonds. The summed E-state index contributed by atoms with van der Waals surface area (Å²) in [5, 5.41) is 415. The lowest BCUT2D eigenvalue weighted by atomic mass is 9.94. The fraction of sp³-hybridized carbons (Fsp3) is 0.986. The lowest BCUT2D eigenvalue weighted by Crippen LogP contribution is -2.69. The largest absolute Gasteiger partial charge is 0.394 e. The van der Waals surface area contributed by atoms with E-state index in [2.05, 4.69) is 5.32 Å². The van der Waals surface area contributed by atoms with Gasteiger partial charge in [0.05, 0.1) is 79.3 Å². The van der Waals surface area contributed by atoms with Gasteiger partial charge in [0, 0.05) is 6.92 Å². The SMILES string of the molecule is CC(=O)N[C@@H]1[C@@H](O)[C@H](O[C@@H]2O[C@H](CO[C@H]3O[C@H](CO[C@H]4O[C@H](CO)[C@@H](O)[C@H](O)[C@@H]4O[C@H]4O[C@H](CO)[C@@H](O)[C@H](O)[C@@H]4O)[C@@H](O)[C@H](O[C@H]4O[C@H](CO)[C@@H](O)[C@H](O)[C@@H]4O[C@H]4O[C@H](CO)[C@@H](O)[C@H](O)[C@@H]4O)[C@@H]3O)[C@@H](O)[C@H](O[C@H]3O[C@H](CO)[C@@H](O)[C@H](O)[C@@H]3O[C@H]3O[C@H](CO)[C@@H](O)[C@H](O)[C@@H]3O[C@H]3O[C@H](CO)[C@@H](O)[C@H](O[C@H]4O[C@H](CO)[C@@H](O)[C@H](O[C@H]5O[C@H](CO)[C@@H](O)[C@H](O)[C@H]5O)[C@H]4O)[C@@H]3O)[C@@H]2O)[C@@H](CO)O[C@H]1O. The molecule has 12 heterocycles. The van der Waals surface area contributed by atoms with Crippen LogP contribution in [0.5, 0.6) is 0 Å². The van der Waals surface area contributed by atoms with Crippen LogP contribution in [-0.2, 0) is 114 Å². The van der Waals surface area contributed by atoms with E-state index in [-0.39, 0.29) is 0 Å². The molecule has 38 N–H and O–H groups in total. The fourth-order valence-electron chi connectivity index (χ4n) is 17.5. The summed E-state index contributed by atoms with van der Waals surface area (Å²) in [7, 11) is 0. The number of hydrogen-bond acceptors (Lipinski definition) is 61. The van der Waals surface area contributed by atoms with Gasteiger partial charge in [-0.1, -0.05) is 0 Å². The average Bonchev–Trinajstić information content (AvgIpc) is 0.765.